The van der Waals surface area contributed by atoms with Crippen LogP contribution in [0.1, 0.15) is 37.3 Å². The van der Waals surface area contributed by atoms with Crippen LogP contribution in [-0.4, -0.2) is 30.6 Å². The van der Waals surface area contributed by atoms with Crippen LogP contribution >= 0.6 is 23.2 Å². The minimum Gasteiger partial charge on any atom is -0.274 e. The van der Waals surface area contributed by atoms with Crippen LogP contribution in [0.25, 0.3) is 0 Å². The summed E-state index contributed by atoms with van der Waals surface area (Å²) in [5.74, 6) is -0.788. The molecule has 0 aliphatic carbocycles. The Morgan fingerprint density at radius 2 is 1.63 bits per heavy atom. The normalized spacial score (nSPS) is 16.5. The topological polar surface area (TPSA) is 74.8 Å². The highest BCUT2D eigenvalue weighted by molar-refractivity contribution is 7.89. The maximum Gasteiger partial charge on any atom is 0.252 e. The number of imide groups is 1. The summed E-state index contributed by atoms with van der Waals surface area (Å²) in [4.78, 5) is 27.4. The molecule has 1 unspecified atom stereocenters. The van der Waals surface area contributed by atoms with Gasteiger partial charge < -0.3 is 0 Å². The van der Waals surface area contributed by atoms with E-state index in [1.54, 1.807) is 36.4 Å². The Kier molecular flexibility index (Phi) is 7.33. The van der Waals surface area contributed by atoms with Gasteiger partial charge in [-0.15, -0.1) is 0 Å². The maximum atomic E-state index is 13.8. The van der Waals surface area contributed by atoms with Gasteiger partial charge in [0, 0.05) is 11.6 Å². The number of carbonyl (C=O) groups excluding carboxylic acids is 2. The Balaban J connectivity index is 1.75. The first-order valence-electron chi connectivity index (χ1n) is 11.1. The van der Waals surface area contributed by atoms with Crippen LogP contribution in [0.4, 0.5) is 5.69 Å². The molecule has 3 aromatic carbocycles. The summed E-state index contributed by atoms with van der Waals surface area (Å²) in [6, 6.07) is 18.9. The lowest BCUT2D eigenvalue weighted by Gasteiger charge is -2.27. The van der Waals surface area contributed by atoms with E-state index in [9.17, 15) is 18.0 Å². The van der Waals surface area contributed by atoms with Crippen molar-refractivity contribution in [3.63, 3.8) is 0 Å². The highest BCUT2D eigenvalue weighted by atomic mass is 35.5. The molecular weight excluding hydrogens is 507 g/mol. The van der Waals surface area contributed by atoms with Crippen molar-refractivity contribution in [1.82, 2.24) is 4.31 Å². The van der Waals surface area contributed by atoms with E-state index >= 15 is 0 Å². The van der Waals surface area contributed by atoms with Crippen molar-refractivity contribution < 1.29 is 18.0 Å². The van der Waals surface area contributed by atoms with Crippen LogP contribution < -0.4 is 4.90 Å². The Morgan fingerprint density at radius 3 is 2.26 bits per heavy atom. The number of halogens is 2. The van der Waals surface area contributed by atoms with Gasteiger partial charge in [0.2, 0.25) is 15.9 Å². The average Bonchev–Trinajstić information content (AvgIpc) is 3.12. The third-order valence-corrected chi connectivity index (χ3v) is 8.52. The molecule has 9 heteroatoms. The van der Waals surface area contributed by atoms with Gasteiger partial charge in [-0.1, -0.05) is 79.5 Å². The number of rotatable bonds is 7. The number of anilines is 1. The van der Waals surface area contributed by atoms with Crippen molar-refractivity contribution in [2.75, 3.05) is 4.90 Å². The molecule has 0 radical (unpaired) electrons. The lowest BCUT2D eigenvalue weighted by atomic mass is 10.0. The molecule has 182 valence electrons. The van der Waals surface area contributed by atoms with E-state index in [2.05, 4.69) is 0 Å². The van der Waals surface area contributed by atoms with Crippen LogP contribution in [0, 0.1) is 0 Å². The molecule has 1 atom stereocenters. The van der Waals surface area contributed by atoms with E-state index in [1.165, 1.54) is 18.2 Å². The molecule has 1 saturated heterocycles. The third-order valence-electron chi connectivity index (χ3n) is 5.95. The predicted octanol–water partition coefficient (Wildman–Crippen LogP) is 5.64. The molecule has 35 heavy (non-hydrogen) atoms. The minimum absolute atomic E-state index is 0.0228. The molecule has 4 rings (SSSR count). The second-order valence-electron chi connectivity index (χ2n) is 8.64. The number of amides is 2. The van der Waals surface area contributed by atoms with Crippen molar-refractivity contribution in [2.45, 2.75) is 43.7 Å². The van der Waals surface area contributed by atoms with Gasteiger partial charge in [-0.3, -0.25) is 9.59 Å². The number of benzene rings is 3. The molecule has 1 heterocycles. The van der Waals surface area contributed by atoms with Crippen molar-refractivity contribution in [2.24, 2.45) is 0 Å². The first-order valence-corrected chi connectivity index (χ1v) is 13.3. The van der Waals surface area contributed by atoms with Gasteiger partial charge in [0.15, 0.2) is 0 Å². The highest BCUT2D eigenvalue weighted by Crippen LogP contribution is 2.34. The molecule has 0 aromatic heterocycles. The predicted molar refractivity (Wildman–Crippen MR) is 137 cm³/mol. The highest BCUT2D eigenvalue weighted by Gasteiger charge is 2.47. The Hall–Kier alpha value is -2.71. The average molecular weight is 531 g/mol. The van der Waals surface area contributed by atoms with E-state index in [-0.39, 0.29) is 33.8 Å². The summed E-state index contributed by atoms with van der Waals surface area (Å²) in [6.07, 6.45) is -0.283. The van der Waals surface area contributed by atoms with E-state index in [1.807, 2.05) is 32.0 Å². The van der Waals surface area contributed by atoms with Gasteiger partial charge >= 0.3 is 0 Å². The number of hydrogen-bond donors (Lipinski definition) is 0. The molecule has 0 bridgehead atoms. The van der Waals surface area contributed by atoms with E-state index < -0.39 is 27.9 Å². The number of sulfonamides is 1. The summed E-state index contributed by atoms with van der Waals surface area (Å²) in [6.45, 7) is 3.98. The first-order chi connectivity index (χ1) is 16.6. The lowest BCUT2D eigenvalue weighted by Crippen LogP contribution is -2.45. The van der Waals surface area contributed by atoms with E-state index in [0.29, 0.717) is 11.3 Å². The summed E-state index contributed by atoms with van der Waals surface area (Å²) in [7, 11) is -4.30. The fourth-order valence-electron chi connectivity index (χ4n) is 4.05. The number of hydrogen-bond acceptors (Lipinski definition) is 4. The zero-order chi connectivity index (χ0) is 25.3. The Bertz CT molecular complexity index is 1360. The minimum atomic E-state index is -4.30. The maximum absolute atomic E-state index is 13.8. The quantitative estimate of drug-likeness (QED) is 0.370. The van der Waals surface area contributed by atoms with Gasteiger partial charge in [-0.2, -0.15) is 4.31 Å². The summed E-state index contributed by atoms with van der Waals surface area (Å²) >= 11 is 12.3. The fraction of sp³-hybridized carbons (Fsp3) is 0.231. The molecule has 1 aliphatic rings. The van der Waals surface area contributed by atoms with Crippen molar-refractivity contribution in [3.8, 4) is 0 Å². The second-order valence-corrected chi connectivity index (χ2v) is 11.3. The van der Waals surface area contributed by atoms with Gasteiger partial charge in [-0.25, -0.2) is 13.3 Å². The monoisotopic (exact) mass is 530 g/mol. The van der Waals surface area contributed by atoms with E-state index in [0.717, 1.165) is 14.8 Å². The van der Waals surface area contributed by atoms with Crippen LogP contribution in [0.3, 0.4) is 0 Å². The lowest BCUT2D eigenvalue weighted by molar-refractivity contribution is -0.122. The van der Waals surface area contributed by atoms with Gasteiger partial charge in [0.25, 0.3) is 5.91 Å². The molecule has 0 saturated carbocycles. The largest absolute Gasteiger partial charge is 0.274 e. The zero-order valence-electron chi connectivity index (χ0n) is 19.2. The van der Waals surface area contributed by atoms with Crippen LogP contribution in [0.5, 0.6) is 0 Å². The molecule has 1 fully saturated rings. The summed E-state index contributed by atoms with van der Waals surface area (Å²) in [5.41, 5.74) is 2.13. The smallest absolute Gasteiger partial charge is 0.252 e. The molecule has 3 aromatic rings. The molecule has 6 nitrogen and oxygen atoms in total. The summed E-state index contributed by atoms with van der Waals surface area (Å²) in [5, 5.41) is 0.165. The van der Waals surface area contributed by atoms with Gasteiger partial charge in [-0.05, 0) is 47.4 Å². The first kappa shape index (κ1) is 25.4. The zero-order valence-corrected chi connectivity index (χ0v) is 21.5. The molecule has 0 spiro atoms. The van der Waals surface area contributed by atoms with Crippen molar-refractivity contribution in [3.05, 3.63) is 94.0 Å². The Morgan fingerprint density at radius 1 is 0.971 bits per heavy atom. The van der Waals surface area contributed by atoms with Gasteiger partial charge in [0.05, 0.1) is 17.1 Å². The molecule has 2 amide bonds. The molecular formula is C26H24Cl2N2O4S. The van der Waals surface area contributed by atoms with Crippen LogP contribution in [-0.2, 0) is 26.2 Å². The van der Waals surface area contributed by atoms with E-state index in [4.69, 9.17) is 23.2 Å². The SMILES string of the molecule is CC(C)c1ccc(N2C(=O)CC(N(Cc3ccccc3)S(=O)(=O)c3cc(Cl)ccc3Cl)C2=O)cc1. The van der Waals surface area contributed by atoms with Gasteiger partial charge in [0.1, 0.15) is 10.9 Å². The van der Waals surface area contributed by atoms with Crippen LogP contribution in [0.15, 0.2) is 77.7 Å². The Labute approximate surface area is 215 Å². The van der Waals surface area contributed by atoms with Crippen LogP contribution in [0.2, 0.25) is 10.0 Å². The third kappa shape index (κ3) is 5.14. The molecule has 1 aliphatic heterocycles. The summed E-state index contributed by atoms with van der Waals surface area (Å²) < 4.78 is 28.7. The fourth-order valence-corrected chi connectivity index (χ4v) is 6.36. The van der Waals surface area contributed by atoms with Crippen molar-refractivity contribution >= 4 is 50.7 Å². The standard InChI is InChI=1S/C26H24Cl2N2O4S/c1-17(2)19-8-11-21(12-9-19)30-25(31)15-23(26(30)32)29(16-18-6-4-3-5-7-18)35(33,34)24-14-20(27)10-13-22(24)28/h3-14,17,23H,15-16H2,1-2H3. The molecule has 0 N–H and O–H groups in total. The number of carbonyl (C=O) groups is 2. The second kappa shape index (κ2) is 10.1. The van der Waals surface area contributed by atoms with Crippen molar-refractivity contribution in [1.29, 1.82) is 0 Å². The number of nitrogens with zero attached hydrogens (tertiary/aromatic N) is 2.